The normalized spacial score (nSPS) is 15.4. The first-order valence-electron chi connectivity index (χ1n) is 6.69. The fourth-order valence-corrected chi connectivity index (χ4v) is 3.02. The minimum atomic E-state index is -0.740. The highest BCUT2D eigenvalue weighted by atomic mass is 16.5. The Morgan fingerprint density at radius 1 is 1.40 bits per heavy atom. The molecule has 1 aromatic heterocycles. The van der Waals surface area contributed by atoms with Gasteiger partial charge in [-0.25, -0.2) is 0 Å². The molecule has 1 aliphatic rings. The Kier molecular flexibility index (Phi) is 3.03. The lowest BCUT2D eigenvalue weighted by atomic mass is 10.0. The molecule has 1 unspecified atom stereocenters. The third kappa shape index (κ3) is 1.74. The SMILES string of the molecule is COC(=O)C(N)c1c(C)n(C)c2cc3c(cc12)CNC3. The number of carbonyl (C=O) groups excluding carboxylic acids is 1. The van der Waals surface area contributed by atoms with E-state index in [2.05, 4.69) is 22.0 Å². The van der Waals surface area contributed by atoms with Gasteiger partial charge < -0.3 is 20.4 Å². The van der Waals surface area contributed by atoms with Crippen LogP contribution in [0.4, 0.5) is 0 Å². The third-order valence-electron chi connectivity index (χ3n) is 4.26. The zero-order valence-electron chi connectivity index (χ0n) is 12.0. The summed E-state index contributed by atoms with van der Waals surface area (Å²) in [4.78, 5) is 11.8. The largest absolute Gasteiger partial charge is 0.468 e. The van der Waals surface area contributed by atoms with Crippen molar-refractivity contribution in [2.24, 2.45) is 12.8 Å². The third-order valence-corrected chi connectivity index (χ3v) is 4.26. The molecule has 2 aromatic rings. The van der Waals surface area contributed by atoms with Gasteiger partial charge in [0.15, 0.2) is 0 Å². The van der Waals surface area contributed by atoms with Gasteiger partial charge in [0, 0.05) is 42.3 Å². The summed E-state index contributed by atoms with van der Waals surface area (Å²) in [5, 5.41) is 4.38. The van der Waals surface area contributed by atoms with E-state index in [-0.39, 0.29) is 0 Å². The fourth-order valence-electron chi connectivity index (χ4n) is 3.02. The minimum absolute atomic E-state index is 0.403. The second-order valence-corrected chi connectivity index (χ2v) is 5.30. The molecule has 1 atom stereocenters. The van der Waals surface area contributed by atoms with Crippen molar-refractivity contribution in [1.29, 1.82) is 0 Å². The molecule has 3 N–H and O–H groups in total. The van der Waals surface area contributed by atoms with Crippen molar-refractivity contribution in [2.75, 3.05) is 7.11 Å². The molecule has 0 saturated heterocycles. The summed E-state index contributed by atoms with van der Waals surface area (Å²) in [5.41, 5.74) is 11.7. The molecule has 2 heterocycles. The van der Waals surface area contributed by atoms with Gasteiger partial charge in [-0.05, 0) is 30.2 Å². The highest BCUT2D eigenvalue weighted by Crippen LogP contribution is 2.33. The van der Waals surface area contributed by atoms with Crippen LogP contribution in [-0.2, 0) is 29.7 Å². The molecule has 106 valence electrons. The van der Waals surface area contributed by atoms with Gasteiger partial charge in [-0.1, -0.05) is 0 Å². The topological polar surface area (TPSA) is 69.3 Å². The Hall–Kier alpha value is -1.85. The quantitative estimate of drug-likeness (QED) is 0.808. The molecule has 5 nitrogen and oxygen atoms in total. The van der Waals surface area contributed by atoms with Crippen LogP contribution in [0.2, 0.25) is 0 Å². The lowest BCUT2D eigenvalue weighted by molar-refractivity contribution is -0.142. The first kappa shape index (κ1) is 13.1. The number of hydrogen-bond acceptors (Lipinski definition) is 4. The van der Waals surface area contributed by atoms with Gasteiger partial charge in [-0.2, -0.15) is 0 Å². The molecule has 1 aliphatic heterocycles. The van der Waals surface area contributed by atoms with E-state index in [0.29, 0.717) is 0 Å². The molecular weight excluding hydrogens is 254 g/mol. The standard InChI is InChI=1S/C15H19N3O2/c1-8-13(14(16)15(19)20-3)11-4-9-6-17-7-10(9)5-12(11)18(8)2/h4-5,14,17H,6-7,16H2,1-3H3. The summed E-state index contributed by atoms with van der Waals surface area (Å²) in [6.07, 6.45) is 0. The van der Waals surface area contributed by atoms with Crippen molar-refractivity contribution in [2.45, 2.75) is 26.1 Å². The summed E-state index contributed by atoms with van der Waals surface area (Å²) in [7, 11) is 3.37. The monoisotopic (exact) mass is 273 g/mol. The van der Waals surface area contributed by atoms with E-state index in [0.717, 1.165) is 35.2 Å². The molecule has 1 aromatic carbocycles. The van der Waals surface area contributed by atoms with Crippen LogP contribution >= 0.6 is 0 Å². The maximum Gasteiger partial charge on any atom is 0.327 e. The Labute approximate surface area is 117 Å². The number of hydrogen-bond donors (Lipinski definition) is 2. The molecule has 0 bridgehead atoms. The number of aromatic nitrogens is 1. The van der Waals surface area contributed by atoms with E-state index in [1.165, 1.54) is 18.2 Å². The van der Waals surface area contributed by atoms with Gasteiger partial charge in [0.1, 0.15) is 6.04 Å². The molecule has 3 rings (SSSR count). The Balaban J connectivity index is 2.26. The zero-order valence-corrected chi connectivity index (χ0v) is 12.0. The summed E-state index contributed by atoms with van der Waals surface area (Å²) < 4.78 is 6.88. The lowest BCUT2D eigenvalue weighted by Gasteiger charge is -2.10. The molecule has 0 spiro atoms. The Morgan fingerprint density at radius 3 is 2.70 bits per heavy atom. The van der Waals surface area contributed by atoms with Crippen LogP contribution in [0, 0.1) is 6.92 Å². The summed E-state index contributed by atoms with van der Waals surface area (Å²) >= 11 is 0. The van der Waals surface area contributed by atoms with Crippen LogP contribution in [-0.4, -0.2) is 17.6 Å². The van der Waals surface area contributed by atoms with Crippen LogP contribution < -0.4 is 11.1 Å². The average Bonchev–Trinajstić information content (AvgIpc) is 2.99. The van der Waals surface area contributed by atoms with Crippen molar-refractivity contribution in [3.8, 4) is 0 Å². The number of fused-ring (bicyclic) bond motifs is 2. The van der Waals surface area contributed by atoms with Crippen LogP contribution in [0.25, 0.3) is 10.9 Å². The first-order chi connectivity index (χ1) is 9.54. The second kappa shape index (κ2) is 4.61. The molecule has 0 fully saturated rings. The number of nitrogens with two attached hydrogens (primary N) is 1. The van der Waals surface area contributed by atoms with Gasteiger partial charge in [0.05, 0.1) is 7.11 Å². The molecule has 0 aliphatic carbocycles. The summed E-state index contributed by atoms with van der Waals surface area (Å²) in [6, 6.07) is 3.59. The number of ether oxygens (including phenoxy) is 1. The van der Waals surface area contributed by atoms with E-state index >= 15 is 0 Å². The smallest absolute Gasteiger partial charge is 0.327 e. The zero-order chi connectivity index (χ0) is 14.4. The van der Waals surface area contributed by atoms with Crippen LogP contribution in [0.5, 0.6) is 0 Å². The van der Waals surface area contributed by atoms with Gasteiger partial charge >= 0.3 is 5.97 Å². The van der Waals surface area contributed by atoms with Crippen molar-refractivity contribution in [3.05, 3.63) is 34.5 Å². The summed E-state index contributed by atoms with van der Waals surface area (Å²) in [6.45, 7) is 3.75. The minimum Gasteiger partial charge on any atom is -0.468 e. The van der Waals surface area contributed by atoms with E-state index in [1.807, 2.05) is 14.0 Å². The van der Waals surface area contributed by atoms with Crippen LogP contribution in [0.15, 0.2) is 12.1 Å². The molecule has 0 saturated carbocycles. The van der Waals surface area contributed by atoms with E-state index in [4.69, 9.17) is 10.5 Å². The predicted octanol–water partition coefficient (Wildman–Crippen LogP) is 1.26. The van der Waals surface area contributed by atoms with Crippen molar-refractivity contribution in [3.63, 3.8) is 0 Å². The van der Waals surface area contributed by atoms with E-state index in [9.17, 15) is 4.79 Å². The molecule has 0 radical (unpaired) electrons. The highest BCUT2D eigenvalue weighted by molar-refractivity contribution is 5.92. The Morgan fingerprint density at radius 2 is 2.05 bits per heavy atom. The number of nitrogens with one attached hydrogen (secondary N) is 1. The van der Waals surface area contributed by atoms with Gasteiger partial charge in [0.25, 0.3) is 0 Å². The molecule has 0 amide bonds. The van der Waals surface area contributed by atoms with Crippen molar-refractivity contribution >= 4 is 16.9 Å². The number of rotatable bonds is 2. The van der Waals surface area contributed by atoms with Crippen molar-refractivity contribution < 1.29 is 9.53 Å². The molecule has 20 heavy (non-hydrogen) atoms. The molecular formula is C15H19N3O2. The maximum atomic E-state index is 11.8. The Bertz CT molecular complexity index is 703. The highest BCUT2D eigenvalue weighted by Gasteiger charge is 2.25. The second-order valence-electron chi connectivity index (χ2n) is 5.30. The lowest BCUT2D eigenvalue weighted by Crippen LogP contribution is -2.23. The first-order valence-corrected chi connectivity index (χ1v) is 6.69. The van der Waals surface area contributed by atoms with Gasteiger partial charge in [-0.15, -0.1) is 0 Å². The fraction of sp³-hybridized carbons (Fsp3) is 0.400. The van der Waals surface area contributed by atoms with E-state index in [1.54, 1.807) is 0 Å². The number of esters is 1. The predicted molar refractivity (Wildman–Crippen MR) is 77.1 cm³/mol. The number of aryl methyl sites for hydroxylation is 1. The van der Waals surface area contributed by atoms with E-state index < -0.39 is 12.0 Å². The van der Waals surface area contributed by atoms with Crippen LogP contribution in [0.1, 0.15) is 28.4 Å². The number of nitrogens with zero attached hydrogens (tertiary/aromatic N) is 1. The maximum absolute atomic E-state index is 11.8. The molecule has 5 heteroatoms. The van der Waals surface area contributed by atoms with Gasteiger partial charge in [-0.3, -0.25) is 4.79 Å². The van der Waals surface area contributed by atoms with Gasteiger partial charge in [0.2, 0.25) is 0 Å². The van der Waals surface area contributed by atoms with Crippen LogP contribution in [0.3, 0.4) is 0 Å². The van der Waals surface area contributed by atoms with Crippen molar-refractivity contribution in [1.82, 2.24) is 9.88 Å². The average molecular weight is 273 g/mol. The number of benzene rings is 1. The summed E-state index contributed by atoms with van der Waals surface area (Å²) in [5.74, 6) is -0.403. The number of carbonyl (C=O) groups is 1. The number of methoxy groups -OCH3 is 1.